The van der Waals surface area contributed by atoms with E-state index >= 15 is 0 Å². The van der Waals surface area contributed by atoms with Crippen LogP contribution in [0.4, 0.5) is 0 Å². The van der Waals surface area contributed by atoms with E-state index in [1.807, 2.05) is 0 Å². The lowest BCUT2D eigenvalue weighted by Crippen LogP contribution is -2.51. The predicted octanol–water partition coefficient (Wildman–Crippen LogP) is 1.38. The predicted molar refractivity (Wildman–Crippen MR) is 49.5 cm³/mol. The highest BCUT2D eigenvalue weighted by molar-refractivity contribution is 5.79. The van der Waals surface area contributed by atoms with Gasteiger partial charge in [-0.1, -0.05) is 19.8 Å². The molecule has 0 radical (unpaired) electrons. The zero-order valence-electron chi connectivity index (χ0n) is 8.05. The second kappa shape index (κ2) is 2.98. The molecule has 2 N–H and O–H groups in total. The molecule has 2 rings (SSSR count). The van der Waals surface area contributed by atoms with Gasteiger partial charge in [-0.2, -0.15) is 0 Å². The summed E-state index contributed by atoms with van der Waals surface area (Å²) < 4.78 is 0. The van der Waals surface area contributed by atoms with Gasteiger partial charge >= 0.3 is 5.97 Å². The van der Waals surface area contributed by atoms with E-state index < -0.39 is 11.5 Å². The molecule has 2 fully saturated rings. The molecule has 0 amide bonds. The second-order valence-corrected chi connectivity index (χ2v) is 4.56. The van der Waals surface area contributed by atoms with Gasteiger partial charge in [0.05, 0.1) is 0 Å². The van der Waals surface area contributed by atoms with E-state index in [4.69, 9.17) is 5.11 Å². The van der Waals surface area contributed by atoms with Crippen molar-refractivity contribution in [2.24, 2.45) is 5.92 Å². The summed E-state index contributed by atoms with van der Waals surface area (Å²) in [4.78, 5) is 11.1. The molecule has 2 unspecified atom stereocenters. The van der Waals surface area contributed by atoms with Gasteiger partial charge in [0.1, 0.15) is 5.54 Å². The molecule has 0 aromatic rings. The number of hydrogen-bond acceptors (Lipinski definition) is 2. The molecule has 13 heavy (non-hydrogen) atoms. The van der Waals surface area contributed by atoms with Gasteiger partial charge in [-0.3, -0.25) is 10.1 Å². The molecular formula is C10H17NO2. The fourth-order valence-electron chi connectivity index (χ4n) is 2.28. The van der Waals surface area contributed by atoms with Crippen LogP contribution in [0.1, 0.15) is 39.0 Å². The van der Waals surface area contributed by atoms with E-state index in [1.54, 1.807) is 0 Å². The maximum absolute atomic E-state index is 11.1. The third-order valence-corrected chi connectivity index (χ3v) is 3.44. The first-order valence-corrected chi connectivity index (χ1v) is 5.15. The van der Waals surface area contributed by atoms with Gasteiger partial charge in [0, 0.05) is 6.04 Å². The summed E-state index contributed by atoms with van der Waals surface area (Å²) in [7, 11) is 0. The minimum atomic E-state index is -0.649. The summed E-state index contributed by atoms with van der Waals surface area (Å²) in [5.74, 6) is 0.0286. The number of carboxylic acids is 1. The molecule has 0 aromatic carbocycles. The van der Waals surface area contributed by atoms with Gasteiger partial charge in [-0.15, -0.1) is 0 Å². The Balaban J connectivity index is 2.00. The molecule has 3 heteroatoms. The summed E-state index contributed by atoms with van der Waals surface area (Å²) in [6.07, 6.45) is 4.88. The van der Waals surface area contributed by atoms with Crippen molar-refractivity contribution in [3.63, 3.8) is 0 Å². The van der Waals surface area contributed by atoms with Crippen molar-refractivity contribution in [2.45, 2.75) is 50.6 Å². The van der Waals surface area contributed by atoms with Crippen LogP contribution < -0.4 is 5.32 Å². The van der Waals surface area contributed by atoms with Crippen LogP contribution in [-0.2, 0) is 4.79 Å². The Morgan fingerprint density at radius 2 is 2.00 bits per heavy atom. The molecule has 2 saturated carbocycles. The van der Waals surface area contributed by atoms with Crippen molar-refractivity contribution < 1.29 is 9.90 Å². The molecule has 0 heterocycles. The van der Waals surface area contributed by atoms with Gasteiger partial charge < -0.3 is 5.11 Å². The molecule has 2 aliphatic carbocycles. The molecule has 74 valence electrons. The van der Waals surface area contributed by atoms with E-state index in [-0.39, 0.29) is 0 Å². The standard InChI is InChI=1S/C10H17NO2/c1-7-6-8(7)11-10(9(12)13)4-2-3-5-10/h7-8,11H,2-6H2,1H3,(H,12,13). The largest absolute Gasteiger partial charge is 0.480 e. The molecule has 2 atom stereocenters. The molecule has 0 bridgehead atoms. The average Bonchev–Trinajstić information content (AvgIpc) is 2.61. The summed E-state index contributed by atoms with van der Waals surface area (Å²) in [6.45, 7) is 2.17. The first-order valence-electron chi connectivity index (χ1n) is 5.15. The van der Waals surface area contributed by atoms with Crippen LogP contribution in [0.25, 0.3) is 0 Å². The third kappa shape index (κ3) is 1.57. The van der Waals surface area contributed by atoms with Crippen molar-refractivity contribution in [2.75, 3.05) is 0 Å². The topological polar surface area (TPSA) is 49.3 Å². The minimum Gasteiger partial charge on any atom is -0.480 e. The van der Waals surface area contributed by atoms with Gasteiger partial charge in [0.2, 0.25) is 0 Å². The van der Waals surface area contributed by atoms with Gasteiger partial charge in [-0.05, 0) is 25.2 Å². The van der Waals surface area contributed by atoms with Gasteiger partial charge in [0.25, 0.3) is 0 Å². The quantitative estimate of drug-likeness (QED) is 0.695. The van der Waals surface area contributed by atoms with Crippen molar-refractivity contribution in [1.82, 2.24) is 5.32 Å². The molecule has 0 aromatic heterocycles. The van der Waals surface area contributed by atoms with E-state index in [0.717, 1.165) is 32.1 Å². The lowest BCUT2D eigenvalue weighted by atomic mass is 9.98. The molecule has 3 nitrogen and oxygen atoms in total. The zero-order valence-corrected chi connectivity index (χ0v) is 8.05. The fourth-order valence-corrected chi connectivity index (χ4v) is 2.28. The number of rotatable bonds is 3. The van der Waals surface area contributed by atoms with Crippen LogP contribution >= 0.6 is 0 Å². The van der Waals surface area contributed by atoms with Crippen molar-refractivity contribution in [3.8, 4) is 0 Å². The van der Waals surface area contributed by atoms with Crippen LogP contribution in [0.3, 0.4) is 0 Å². The highest BCUT2D eigenvalue weighted by atomic mass is 16.4. The highest BCUT2D eigenvalue weighted by Gasteiger charge is 2.46. The Kier molecular flexibility index (Phi) is 2.06. The molecule has 0 aliphatic heterocycles. The zero-order chi connectivity index (χ0) is 9.47. The van der Waals surface area contributed by atoms with Crippen LogP contribution in [0.2, 0.25) is 0 Å². The number of nitrogens with one attached hydrogen (secondary N) is 1. The first-order chi connectivity index (χ1) is 6.14. The summed E-state index contributed by atoms with van der Waals surface area (Å²) >= 11 is 0. The Hall–Kier alpha value is -0.570. The Labute approximate surface area is 78.5 Å². The summed E-state index contributed by atoms with van der Waals surface area (Å²) in [5.41, 5.74) is -0.574. The van der Waals surface area contributed by atoms with Crippen LogP contribution in [0.15, 0.2) is 0 Å². The average molecular weight is 183 g/mol. The van der Waals surface area contributed by atoms with Gasteiger partial charge in [0.15, 0.2) is 0 Å². The van der Waals surface area contributed by atoms with Gasteiger partial charge in [-0.25, -0.2) is 0 Å². The van der Waals surface area contributed by atoms with E-state index in [0.29, 0.717) is 12.0 Å². The SMILES string of the molecule is CC1CC1NC1(C(=O)O)CCCC1. The minimum absolute atomic E-state index is 0.467. The van der Waals surface area contributed by atoms with E-state index in [9.17, 15) is 4.79 Å². The summed E-state index contributed by atoms with van der Waals surface area (Å²) in [5, 5.41) is 12.5. The Bertz CT molecular complexity index is 221. The second-order valence-electron chi connectivity index (χ2n) is 4.56. The van der Waals surface area contributed by atoms with Crippen molar-refractivity contribution >= 4 is 5.97 Å². The van der Waals surface area contributed by atoms with Crippen molar-refractivity contribution in [1.29, 1.82) is 0 Å². The lowest BCUT2D eigenvalue weighted by Gasteiger charge is -2.25. The lowest BCUT2D eigenvalue weighted by molar-refractivity contribution is -0.144. The number of aliphatic carboxylic acids is 1. The normalized spacial score (nSPS) is 36.1. The maximum Gasteiger partial charge on any atom is 0.323 e. The first kappa shape index (κ1) is 9.00. The fraction of sp³-hybridized carbons (Fsp3) is 0.900. The van der Waals surface area contributed by atoms with E-state index in [2.05, 4.69) is 12.2 Å². The Morgan fingerprint density at radius 1 is 1.46 bits per heavy atom. The van der Waals surface area contributed by atoms with Crippen LogP contribution in [0, 0.1) is 5.92 Å². The van der Waals surface area contributed by atoms with Crippen LogP contribution in [0.5, 0.6) is 0 Å². The number of hydrogen-bond donors (Lipinski definition) is 2. The highest BCUT2D eigenvalue weighted by Crippen LogP contribution is 2.37. The smallest absolute Gasteiger partial charge is 0.323 e. The van der Waals surface area contributed by atoms with Crippen molar-refractivity contribution in [3.05, 3.63) is 0 Å². The summed E-state index contributed by atoms with van der Waals surface area (Å²) in [6, 6.07) is 0.467. The molecular weight excluding hydrogens is 166 g/mol. The number of carbonyl (C=O) groups is 1. The molecule has 0 spiro atoms. The number of carboxylic acid groups (broad SMARTS) is 1. The van der Waals surface area contributed by atoms with E-state index in [1.165, 1.54) is 0 Å². The van der Waals surface area contributed by atoms with Crippen LogP contribution in [-0.4, -0.2) is 22.7 Å². The maximum atomic E-state index is 11.1. The third-order valence-electron chi connectivity index (χ3n) is 3.44. The molecule has 2 aliphatic rings. The monoisotopic (exact) mass is 183 g/mol. The molecule has 0 saturated heterocycles. The Morgan fingerprint density at radius 3 is 2.38 bits per heavy atom.